The molecule has 1 heterocycles. The van der Waals surface area contributed by atoms with Crippen molar-refractivity contribution < 1.29 is 4.42 Å². The quantitative estimate of drug-likeness (QED) is 0.820. The third-order valence-electron chi connectivity index (χ3n) is 4.05. The zero-order chi connectivity index (χ0) is 14.6. The van der Waals surface area contributed by atoms with Gasteiger partial charge in [-0.1, -0.05) is 52.0 Å². The molecule has 0 spiro atoms. The summed E-state index contributed by atoms with van der Waals surface area (Å²) in [5.74, 6) is 1.93. The first-order valence-corrected chi connectivity index (χ1v) is 7.47. The van der Waals surface area contributed by atoms with Crippen molar-refractivity contribution in [2.24, 2.45) is 0 Å². The molecule has 2 nitrogen and oxygen atoms in total. The highest BCUT2D eigenvalue weighted by Gasteiger charge is 2.17. The molecule has 0 saturated heterocycles. The van der Waals surface area contributed by atoms with Crippen LogP contribution in [0.3, 0.4) is 0 Å². The molecule has 0 unspecified atom stereocenters. The highest BCUT2D eigenvalue weighted by atomic mass is 16.3. The largest absolute Gasteiger partial charge is 0.460 e. The van der Waals surface area contributed by atoms with Crippen LogP contribution >= 0.6 is 0 Å². The average Bonchev–Trinajstić information content (AvgIpc) is 2.94. The first-order valence-electron chi connectivity index (χ1n) is 7.47. The van der Waals surface area contributed by atoms with E-state index in [1.54, 1.807) is 0 Å². The molecule has 0 amide bonds. The van der Waals surface area contributed by atoms with Crippen molar-refractivity contribution in [1.29, 1.82) is 0 Å². The molecule has 0 saturated carbocycles. The van der Waals surface area contributed by atoms with Crippen LogP contribution in [0.4, 0.5) is 0 Å². The van der Waals surface area contributed by atoms with E-state index >= 15 is 0 Å². The molecule has 0 bridgehead atoms. The first-order chi connectivity index (χ1) is 9.56. The van der Waals surface area contributed by atoms with Gasteiger partial charge in [-0.05, 0) is 36.1 Å². The summed E-state index contributed by atoms with van der Waals surface area (Å²) in [6.07, 6.45) is 1.14. The lowest BCUT2D eigenvalue weighted by Crippen LogP contribution is -2.14. The molecule has 0 aliphatic carbocycles. The minimum atomic E-state index is 0.234. The summed E-state index contributed by atoms with van der Waals surface area (Å²) in [7, 11) is 0. The fraction of sp³-hybridized carbons (Fsp3) is 0.444. The van der Waals surface area contributed by atoms with E-state index in [0.29, 0.717) is 0 Å². The fourth-order valence-electron chi connectivity index (χ4n) is 2.17. The Morgan fingerprint density at radius 1 is 1.00 bits per heavy atom. The van der Waals surface area contributed by atoms with Gasteiger partial charge < -0.3 is 9.73 Å². The zero-order valence-corrected chi connectivity index (χ0v) is 13.0. The smallest absolute Gasteiger partial charge is 0.134 e. The maximum absolute atomic E-state index is 5.86. The molecule has 2 aromatic rings. The lowest BCUT2D eigenvalue weighted by atomic mass is 9.82. The monoisotopic (exact) mass is 271 g/mol. The van der Waals surface area contributed by atoms with E-state index in [2.05, 4.69) is 57.3 Å². The molecule has 0 radical (unpaired) electrons. The SMILES string of the molecule is CCNCc1ccc(-c2ccc(C(C)(C)CC)cc2)o1. The summed E-state index contributed by atoms with van der Waals surface area (Å²) in [5.41, 5.74) is 2.75. The van der Waals surface area contributed by atoms with Gasteiger partial charge in [0.1, 0.15) is 11.5 Å². The Kier molecular flexibility index (Phi) is 4.66. The number of rotatable bonds is 6. The number of hydrogen-bond donors (Lipinski definition) is 1. The Morgan fingerprint density at radius 2 is 1.70 bits per heavy atom. The summed E-state index contributed by atoms with van der Waals surface area (Å²) in [6.45, 7) is 10.6. The van der Waals surface area contributed by atoms with Crippen molar-refractivity contribution in [2.75, 3.05) is 6.54 Å². The third-order valence-corrected chi connectivity index (χ3v) is 4.05. The van der Waals surface area contributed by atoms with Gasteiger partial charge in [-0.3, -0.25) is 0 Å². The molecular weight excluding hydrogens is 246 g/mol. The molecule has 0 fully saturated rings. The molecule has 108 valence electrons. The summed E-state index contributed by atoms with van der Waals surface area (Å²) in [5, 5.41) is 3.27. The normalized spacial score (nSPS) is 11.8. The van der Waals surface area contributed by atoms with E-state index < -0.39 is 0 Å². The minimum absolute atomic E-state index is 0.234. The molecule has 0 atom stereocenters. The molecule has 20 heavy (non-hydrogen) atoms. The Labute approximate surface area is 122 Å². The number of hydrogen-bond acceptors (Lipinski definition) is 2. The van der Waals surface area contributed by atoms with Crippen molar-refractivity contribution in [3.8, 4) is 11.3 Å². The van der Waals surface area contributed by atoms with Crippen LogP contribution in [-0.4, -0.2) is 6.54 Å². The van der Waals surface area contributed by atoms with Gasteiger partial charge in [-0.25, -0.2) is 0 Å². The summed E-state index contributed by atoms with van der Waals surface area (Å²) in [4.78, 5) is 0. The Bertz CT molecular complexity index is 537. The highest BCUT2D eigenvalue weighted by molar-refractivity contribution is 5.58. The Balaban J connectivity index is 2.15. The van der Waals surface area contributed by atoms with E-state index in [4.69, 9.17) is 4.42 Å². The van der Waals surface area contributed by atoms with Gasteiger partial charge in [-0.2, -0.15) is 0 Å². The maximum Gasteiger partial charge on any atom is 0.134 e. The van der Waals surface area contributed by atoms with Gasteiger partial charge in [0.15, 0.2) is 0 Å². The molecule has 1 aromatic heterocycles. The van der Waals surface area contributed by atoms with E-state index in [1.165, 1.54) is 5.56 Å². The Morgan fingerprint density at radius 3 is 2.30 bits per heavy atom. The molecule has 2 heteroatoms. The molecule has 1 N–H and O–H groups in total. The second-order valence-corrected chi connectivity index (χ2v) is 5.86. The van der Waals surface area contributed by atoms with E-state index in [0.717, 1.165) is 36.6 Å². The van der Waals surface area contributed by atoms with Crippen LogP contribution in [-0.2, 0) is 12.0 Å². The zero-order valence-electron chi connectivity index (χ0n) is 13.0. The van der Waals surface area contributed by atoms with Crippen molar-refractivity contribution in [3.05, 3.63) is 47.7 Å². The predicted octanol–water partition coefficient (Wildman–Crippen LogP) is 4.74. The third kappa shape index (κ3) is 3.31. The summed E-state index contributed by atoms with van der Waals surface area (Å²) >= 11 is 0. The van der Waals surface area contributed by atoms with Crippen LogP contribution in [0.2, 0.25) is 0 Å². The number of benzene rings is 1. The van der Waals surface area contributed by atoms with Crippen molar-refractivity contribution in [2.45, 2.75) is 46.1 Å². The molecular formula is C18H25NO. The van der Waals surface area contributed by atoms with Crippen LogP contribution in [0, 0.1) is 0 Å². The molecule has 0 aliphatic heterocycles. The molecule has 1 aromatic carbocycles. The predicted molar refractivity (Wildman–Crippen MR) is 84.8 cm³/mol. The van der Waals surface area contributed by atoms with Crippen molar-refractivity contribution >= 4 is 0 Å². The van der Waals surface area contributed by atoms with Gasteiger partial charge in [-0.15, -0.1) is 0 Å². The minimum Gasteiger partial charge on any atom is -0.460 e. The standard InChI is InChI=1S/C18H25NO/c1-5-18(3,4)15-9-7-14(8-10-15)17-12-11-16(20-17)13-19-6-2/h7-12,19H,5-6,13H2,1-4H3. The van der Waals surface area contributed by atoms with Crippen LogP contribution < -0.4 is 5.32 Å². The van der Waals surface area contributed by atoms with Crippen molar-refractivity contribution in [1.82, 2.24) is 5.32 Å². The van der Waals surface area contributed by atoms with Gasteiger partial charge in [0.25, 0.3) is 0 Å². The highest BCUT2D eigenvalue weighted by Crippen LogP contribution is 2.29. The van der Waals surface area contributed by atoms with E-state index in [1.807, 2.05) is 12.1 Å². The molecule has 2 rings (SSSR count). The summed E-state index contributed by atoms with van der Waals surface area (Å²) in [6, 6.07) is 12.8. The van der Waals surface area contributed by atoms with Gasteiger partial charge >= 0.3 is 0 Å². The second kappa shape index (κ2) is 6.27. The van der Waals surface area contributed by atoms with Crippen LogP contribution in [0.5, 0.6) is 0 Å². The first kappa shape index (κ1) is 14.9. The van der Waals surface area contributed by atoms with Crippen LogP contribution in [0.1, 0.15) is 45.4 Å². The van der Waals surface area contributed by atoms with Crippen molar-refractivity contribution in [3.63, 3.8) is 0 Å². The topological polar surface area (TPSA) is 25.2 Å². The Hall–Kier alpha value is -1.54. The van der Waals surface area contributed by atoms with E-state index in [-0.39, 0.29) is 5.41 Å². The fourth-order valence-corrected chi connectivity index (χ4v) is 2.17. The number of furan rings is 1. The van der Waals surface area contributed by atoms with Crippen LogP contribution in [0.25, 0.3) is 11.3 Å². The second-order valence-electron chi connectivity index (χ2n) is 5.86. The van der Waals surface area contributed by atoms with Gasteiger partial charge in [0.05, 0.1) is 6.54 Å². The van der Waals surface area contributed by atoms with Gasteiger partial charge in [0.2, 0.25) is 0 Å². The lowest BCUT2D eigenvalue weighted by molar-refractivity contribution is 0.497. The van der Waals surface area contributed by atoms with Crippen LogP contribution in [0.15, 0.2) is 40.8 Å². The number of nitrogens with one attached hydrogen (secondary N) is 1. The lowest BCUT2D eigenvalue weighted by Gasteiger charge is -2.23. The maximum atomic E-state index is 5.86. The molecule has 0 aliphatic rings. The van der Waals surface area contributed by atoms with E-state index in [9.17, 15) is 0 Å². The average molecular weight is 271 g/mol. The summed E-state index contributed by atoms with van der Waals surface area (Å²) < 4.78 is 5.86. The van der Waals surface area contributed by atoms with Gasteiger partial charge in [0, 0.05) is 5.56 Å².